The van der Waals surface area contributed by atoms with Gasteiger partial charge in [-0.1, -0.05) is 49.7 Å². The number of carbonyl (C=O) groups is 1. The van der Waals surface area contributed by atoms with Gasteiger partial charge in [-0.15, -0.1) is 10.2 Å². The molecule has 138 valence electrons. The van der Waals surface area contributed by atoms with Crippen LogP contribution in [0.2, 0.25) is 0 Å². The van der Waals surface area contributed by atoms with Crippen LogP contribution in [0.15, 0.2) is 35.5 Å². The van der Waals surface area contributed by atoms with Crippen molar-refractivity contribution in [3.05, 3.63) is 36.2 Å². The summed E-state index contributed by atoms with van der Waals surface area (Å²) in [6, 6.07) is 10.5. The van der Waals surface area contributed by atoms with E-state index in [4.69, 9.17) is 0 Å². The summed E-state index contributed by atoms with van der Waals surface area (Å²) in [7, 11) is 0. The summed E-state index contributed by atoms with van der Waals surface area (Å²) in [6.45, 7) is 2.24. The van der Waals surface area contributed by atoms with E-state index in [2.05, 4.69) is 39.1 Å². The van der Waals surface area contributed by atoms with E-state index in [0.29, 0.717) is 23.6 Å². The first-order valence-electron chi connectivity index (χ1n) is 9.65. The van der Waals surface area contributed by atoms with Crippen molar-refractivity contribution in [1.29, 1.82) is 0 Å². The molecule has 5 nitrogen and oxygen atoms in total. The van der Waals surface area contributed by atoms with Crippen LogP contribution in [0.3, 0.4) is 0 Å². The molecule has 0 spiro atoms. The molecule has 2 fully saturated rings. The Morgan fingerprint density at radius 1 is 1.15 bits per heavy atom. The molecule has 1 aromatic carbocycles. The molecular formula is C20H26N4OS. The van der Waals surface area contributed by atoms with Gasteiger partial charge in [0.15, 0.2) is 5.16 Å². The number of benzene rings is 1. The van der Waals surface area contributed by atoms with Crippen molar-refractivity contribution >= 4 is 17.7 Å². The lowest BCUT2D eigenvalue weighted by molar-refractivity contribution is -0.119. The summed E-state index contributed by atoms with van der Waals surface area (Å²) < 4.78 is 2.12. The van der Waals surface area contributed by atoms with Gasteiger partial charge in [0, 0.05) is 17.6 Å². The Labute approximate surface area is 159 Å². The van der Waals surface area contributed by atoms with Crippen molar-refractivity contribution in [2.75, 3.05) is 5.75 Å². The Morgan fingerprint density at radius 3 is 2.65 bits per heavy atom. The van der Waals surface area contributed by atoms with E-state index in [1.165, 1.54) is 43.9 Å². The second kappa shape index (κ2) is 7.82. The molecule has 26 heavy (non-hydrogen) atoms. The first-order valence-corrected chi connectivity index (χ1v) is 10.6. The number of para-hydroxylation sites is 1. The Kier molecular flexibility index (Phi) is 5.29. The number of hydrogen-bond donors (Lipinski definition) is 1. The van der Waals surface area contributed by atoms with Crippen LogP contribution < -0.4 is 5.32 Å². The van der Waals surface area contributed by atoms with Crippen molar-refractivity contribution in [1.82, 2.24) is 20.1 Å². The minimum atomic E-state index is 0.101. The van der Waals surface area contributed by atoms with Gasteiger partial charge in [0.1, 0.15) is 5.82 Å². The number of rotatable bonds is 6. The number of thioether (sulfide) groups is 1. The summed E-state index contributed by atoms with van der Waals surface area (Å²) >= 11 is 1.48. The molecule has 1 amide bonds. The second-order valence-electron chi connectivity index (χ2n) is 7.51. The van der Waals surface area contributed by atoms with Crippen LogP contribution in [0.1, 0.15) is 57.2 Å². The maximum atomic E-state index is 12.4. The smallest absolute Gasteiger partial charge is 0.230 e. The molecule has 0 radical (unpaired) electrons. The van der Waals surface area contributed by atoms with E-state index in [9.17, 15) is 4.79 Å². The zero-order valence-corrected chi connectivity index (χ0v) is 16.0. The predicted octanol–water partition coefficient (Wildman–Crippen LogP) is 3.93. The zero-order valence-electron chi connectivity index (χ0n) is 15.2. The molecule has 4 rings (SSSR count). The van der Waals surface area contributed by atoms with Crippen LogP contribution in [0.5, 0.6) is 0 Å². The number of nitrogens with one attached hydrogen (secondary N) is 1. The SMILES string of the molecule is C[C@@H]1CCCC[C@H]1NC(=O)CSc1nnc(C2CC2)n1-c1ccccc1. The summed E-state index contributed by atoms with van der Waals surface area (Å²) in [6.07, 6.45) is 7.17. The van der Waals surface area contributed by atoms with E-state index in [1.807, 2.05) is 18.2 Å². The third-order valence-electron chi connectivity index (χ3n) is 5.41. The van der Waals surface area contributed by atoms with E-state index in [1.54, 1.807) is 0 Å². The van der Waals surface area contributed by atoms with E-state index >= 15 is 0 Å². The van der Waals surface area contributed by atoms with Crippen molar-refractivity contribution in [3.8, 4) is 5.69 Å². The van der Waals surface area contributed by atoms with E-state index in [0.717, 1.165) is 23.1 Å². The van der Waals surface area contributed by atoms with Gasteiger partial charge in [0.05, 0.1) is 5.75 Å². The largest absolute Gasteiger partial charge is 0.352 e. The van der Waals surface area contributed by atoms with Gasteiger partial charge in [-0.05, 0) is 43.7 Å². The zero-order chi connectivity index (χ0) is 17.9. The maximum absolute atomic E-state index is 12.4. The van der Waals surface area contributed by atoms with Crippen LogP contribution in [-0.2, 0) is 4.79 Å². The Balaban J connectivity index is 1.44. The molecule has 2 saturated carbocycles. The Bertz CT molecular complexity index is 756. The third kappa shape index (κ3) is 3.95. The number of carbonyl (C=O) groups excluding carboxylic acids is 1. The fourth-order valence-corrected chi connectivity index (χ4v) is 4.48. The van der Waals surface area contributed by atoms with Crippen LogP contribution in [0.4, 0.5) is 0 Å². The Morgan fingerprint density at radius 2 is 1.92 bits per heavy atom. The first kappa shape index (κ1) is 17.6. The summed E-state index contributed by atoms with van der Waals surface area (Å²) in [4.78, 5) is 12.4. The van der Waals surface area contributed by atoms with Gasteiger partial charge in [0.2, 0.25) is 5.91 Å². The van der Waals surface area contributed by atoms with Gasteiger partial charge in [-0.25, -0.2) is 0 Å². The van der Waals surface area contributed by atoms with E-state index in [-0.39, 0.29) is 5.91 Å². The highest BCUT2D eigenvalue weighted by Gasteiger charge is 2.31. The van der Waals surface area contributed by atoms with Crippen LogP contribution in [-0.4, -0.2) is 32.5 Å². The van der Waals surface area contributed by atoms with Gasteiger partial charge in [0.25, 0.3) is 0 Å². The molecule has 0 unspecified atom stereocenters. The lowest BCUT2D eigenvalue weighted by Crippen LogP contribution is -2.41. The molecule has 2 aromatic rings. The highest BCUT2D eigenvalue weighted by atomic mass is 32.2. The fraction of sp³-hybridized carbons (Fsp3) is 0.550. The van der Waals surface area contributed by atoms with Crippen molar-refractivity contribution in [2.24, 2.45) is 5.92 Å². The molecule has 2 atom stereocenters. The molecule has 1 aromatic heterocycles. The topological polar surface area (TPSA) is 59.8 Å². The standard InChI is InChI=1S/C20H26N4OS/c1-14-7-5-6-10-17(14)21-18(25)13-26-20-23-22-19(15-11-12-15)24(20)16-8-3-2-4-9-16/h2-4,8-9,14-15,17H,5-7,10-13H2,1H3,(H,21,25)/t14-,17-/m1/s1. The molecule has 0 bridgehead atoms. The quantitative estimate of drug-likeness (QED) is 0.783. The van der Waals surface area contributed by atoms with Crippen LogP contribution in [0.25, 0.3) is 5.69 Å². The number of aromatic nitrogens is 3. The highest BCUT2D eigenvalue weighted by molar-refractivity contribution is 7.99. The Hall–Kier alpha value is -1.82. The predicted molar refractivity (Wildman–Crippen MR) is 104 cm³/mol. The molecule has 1 N–H and O–H groups in total. The lowest BCUT2D eigenvalue weighted by atomic mass is 9.86. The summed E-state index contributed by atoms with van der Waals surface area (Å²) in [5.74, 6) is 2.60. The van der Waals surface area contributed by atoms with Gasteiger partial charge >= 0.3 is 0 Å². The first-order chi connectivity index (χ1) is 12.7. The number of nitrogens with zero attached hydrogens (tertiary/aromatic N) is 3. The highest BCUT2D eigenvalue weighted by Crippen LogP contribution is 2.41. The fourth-order valence-electron chi connectivity index (χ4n) is 3.71. The summed E-state index contributed by atoms with van der Waals surface area (Å²) in [5, 5.41) is 12.8. The number of amides is 1. The van der Waals surface area contributed by atoms with Crippen molar-refractivity contribution in [3.63, 3.8) is 0 Å². The molecule has 0 saturated heterocycles. The average Bonchev–Trinajstić information content (AvgIpc) is 3.42. The lowest BCUT2D eigenvalue weighted by Gasteiger charge is -2.29. The average molecular weight is 371 g/mol. The van der Waals surface area contributed by atoms with Crippen LogP contribution in [0, 0.1) is 5.92 Å². The monoisotopic (exact) mass is 370 g/mol. The van der Waals surface area contributed by atoms with Gasteiger partial charge < -0.3 is 5.32 Å². The normalized spacial score (nSPS) is 23.0. The number of hydrogen-bond acceptors (Lipinski definition) is 4. The molecule has 2 aliphatic rings. The molecule has 0 aliphatic heterocycles. The molecule has 2 aliphatic carbocycles. The minimum absolute atomic E-state index is 0.101. The second-order valence-corrected chi connectivity index (χ2v) is 8.45. The summed E-state index contributed by atoms with van der Waals surface area (Å²) in [5.41, 5.74) is 1.07. The maximum Gasteiger partial charge on any atom is 0.230 e. The minimum Gasteiger partial charge on any atom is -0.352 e. The third-order valence-corrected chi connectivity index (χ3v) is 6.33. The van der Waals surface area contributed by atoms with Crippen LogP contribution >= 0.6 is 11.8 Å². The molecule has 6 heteroatoms. The van der Waals surface area contributed by atoms with Crippen molar-refractivity contribution < 1.29 is 4.79 Å². The van der Waals surface area contributed by atoms with E-state index < -0.39 is 0 Å². The van der Waals surface area contributed by atoms with Crippen molar-refractivity contribution in [2.45, 2.75) is 62.6 Å². The van der Waals surface area contributed by atoms with Gasteiger partial charge in [-0.2, -0.15) is 0 Å². The molecular weight excluding hydrogens is 344 g/mol. The molecule has 1 heterocycles. The van der Waals surface area contributed by atoms with Gasteiger partial charge in [-0.3, -0.25) is 9.36 Å².